The zero-order valence-electron chi connectivity index (χ0n) is 5.20. The summed E-state index contributed by atoms with van der Waals surface area (Å²) in [6.45, 7) is 2.08. The minimum atomic E-state index is -2.43. The molecule has 0 aromatic carbocycles. The summed E-state index contributed by atoms with van der Waals surface area (Å²) in [6.07, 6.45) is 1.42. The molecular weight excluding hydrogens is 140 g/mol. The molecule has 0 unspecified atom stereocenters. The van der Waals surface area contributed by atoms with Gasteiger partial charge in [0.2, 0.25) is 0 Å². The monoisotopic (exact) mass is 150 g/mol. The Labute approximate surface area is 55.7 Å². The third kappa shape index (κ3) is 1.38. The van der Waals surface area contributed by atoms with Gasteiger partial charge in [-0.1, -0.05) is 0 Å². The van der Waals surface area contributed by atoms with Crippen LogP contribution in [0.3, 0.4) is 0 Å². The fourth-order valence-electron chi connectivity index (χ4n) is 0.579. The van der Waals surface area contributed by atoms with Crippen LogP contribution in [0, 0.1) is 0 Å². The van der Waals surface area contributed by atoms with Crippen LogP contribution in [0.5, 0.6) is 0 Å². The van der Waals surface area contributed by atoms with Crippen molar-refractivity contribution in [2.75, 3.05) is 12.4 Å². The standard InChI is InChI=1S/C5H10O3S/c1-5-4-8-2-3-9(5,6)7/h4,6-7H,2-3H2,1H3. The van der Waals surface area contributed by atoms with Crippen LogP contribution in [0.1, 0.15) is 6.92 Å². The molecule has 0 aromatic heterocycles. The maximum Gasteiger partial charge on any atom is 0.105 e. The number of hydrogen-bond donors (Lipinski definition) is 2. The zero-order chi connectivity index (χ0) is 6.91. The van der Waals surface area contributed by atoms with Gasteiger partial charge in [-0.15, -0.1) is 0 Å². The van der Waals surface area contributed by atoms with Crippen molar-refractivity contribution < 1.29 is 13.8 Å². The van der Waals surface area contributed by atoms with Gasteiger partial charge in [-0.2, -0.15) is 10.6 Å². The van der Waals surface area contributed by atoms with E-state index in [1.807, 2.05) is 0 Å². The second kappa shape index (κ2) is 2.21. The minimum absolute atomic E-state index is 0.343. The van der Waals surface area contributed by atoms with Gasteiger partial charge >= 0.3 is 0 Å². The molecule has 0 atom stereocenters. The first-order valence-electron chi connectivity index (χ1n) is 2.67. The van der Waals surface area contributed by atoms with Crippen molar-refractivity contribution in [3.63, 3.8) is 0 Å². The summed E-state index contributed by atoms with van der Waals surface area (Å²) in [4.78, 5) is 0.550. The SMILES string of the molecule is CC1=COCCS1(O)O. The molecule has 0 fully saturated rings. The van der Waals surface area contributed by atoms with E-state index in [0.717, 1.165) is 0 Å². The molecule has 1 aliphatic heterocycles. The summed E-state index contributed by atoms with van der Waals surface area (Å²) >= 11 is 0. The van der Waals surface area contributed by atoms with Crippen molar-refractivity contribution >= 4 is 10.6 Å². The van der Waals surface area contributed by atoms with Crippen molar-refractivity contribution in [3.8, 4) is 0 Å². The molecule has 2 N–H and O–H groups in total. The highest BCUT2D eigenvalue weighted by atomic mass is 32.3. The molecule has 1 aliphatic rings. The molecule has 9 heavy (non-hydrogen) atoms. The summed E-state index contributed by atoms with van der Waals surface area (Å²) in [7, 11) is -2.43. The molecule has 0 aliphatic carbocycles. The molecule has 0 radical (unpaired) electrons. The van der Waals surface area contributed by atoms with Crippen LogP contribution in [0.4, 0.5) is 0 Å². The van der Waals surface area contributed by atoms with Crippen molar-refractivity contribution in [2.45, 2.75) is 6.92 Å². The third-order valence-corrected chi connectivity index (χ3v) is 3.11. The first kappa shape index (κ1) is 6.92. The second-order valence-electron chi connectivity index (χ2n) is 1.97. The van der Waals surface area contributed by atoms with Gasteiger partial charge < -0.3 is 4.74 Å². The van der Waals surface area contributed by atoms with E-state index in [1.165, 1.54) is 6.26 Å². The Hall–Kier alpha value is -0.190. The molecule has 0 saturated carbocycles. The highest BCUT2D eigenvalue weighted by molar-refractivity contribution is 8.27. The fraction of sp³-hybridized carbons (Fsp3) is 0.600. The van der Waals surface area contributed by atoms with Crippen LogP contribution in [0.15, 0.2) is 11.2 Å². The first-order valence-corrected chi connectivity index (χ1v) is 4.39. The Balaban J connectivity index is 2.73. The van der Waals surface area contributed by atoms with Crippen molar-refractivity contribution in [3.05, 3.63) is 11.2 Å². The number of ether oxygens (including phenoxy) is 1. The van der Waals surface area contributed by atoms with E-state index in [2.05, 4.69) is 0 Å². The van der Waals surface area contributed by atoms with Crippen LogP contribution < -0.4 is 0 Å². The van der Waals surface area contributed by atoms with Gasteiger partial charge in [0.05, 0.1) is 10.7 Å². The van der Waals surface area contributed by atoms with Crippen molar-refractivity contribution in [1.82, 2.24) is 0 Å². The van der Waals surface area contributed by atoms with E-state index in [-0.39, 0.29) is 0 Å². The molecule has 1 heterocycles. The van der Waals surface area contributed by atoms with Crippen molar-refractivity contribution in [2.24, 2.45) is 0 Å². The van der Waals surface area contributed by atoms with E-state index < -0.39 is 10.6 Å². The number of rotatable bonds is 0. The largest absolute Gasteiger partial charge is 0.498 e. The third-order valence-electron chi connectivity index (χ3n) is 1.25. The lowest BCUT2D eigenvalue weighted by molar-refractivity contribution is 0.258. The van der Waals surface area contributed by atoms with Gasteiger partial charge in [-0.3, -0.25) is 9.11 Å². The van der Waals surface area contributed by atoms with E-state index in [9.17, 15) is 0 Å². The van der Waals surface area contributed by atoms with Crippen LogP contribution in [0.25, 0.3) is 0 Å². The average Bonchev–Trinajstić information content (AvgIpc) is 1.77. The molecule has 0 spiro atoms. The van der Waals surface area contributed by atoms with Gasteiger partial charge in [-0.25, -0.2) is 0 Å². The Bertz CT molecular complexity index is 141. The topological polar surface area (TPSA) is 49.7 Å². The predicted octanol–water partition coefficient (Wildman–Crippen LogP) is 1.63. The van der Waals surface area contributed by atoms with Crippen LogP contribution >= 0.6 is 10.6 Å². The summed E-state index contributed by atoms with van der Waals surface area (Å²) < 4.78 is 23.1. The average molecular weight is 150 g/mol. The second-order valence-corrected chi connectivity index (χ2v) is 4.36. The maximum atomic E-state index is 9.13. The molecular formula is C5H10O3S. The minimum Gasteiger partial charge on any atom is -0.498 e. The van der Waals surface area contributed by atoms with E-state index in [4.69, 9.17) is 13.8 Å². The smallest absolute Gasteiger partial charge is 0.105 e. The molecule has 0 bridgehead atoms. The Morgan fingerprint density at radius 1 is 1.67 bits per heavy atom. The summed E-state index contributed by atoms with van der Waals surface area (Å²) in [5.74, 6) is 0.343. The lowest BCUT2D eigenvalue weighted by Crippen LogP contribution is -2.13. The summed E-state index contributed by atoms with van der Waals surface area (Å²) in [6, 6.07) is 0. The molecule has 3 nitrogen and oxygen atoms in total. The zero-order valence-corrected chi connectivity index (χ0v) is 6.02. The van der Waals surface area contributed by atoms with Gasteiger partial charge in [0.1, 0.15) is 12.9 Å². The van der Waals surface area contributed by atoms with Gasteiger partial charge in [0.25, 0.3) is 0 Å². The molecule has 1 rings (SSSR count). The molecule has 0 aromatic rings. The quantitative estimate of drug-likeness (QED) is 0.551. The lowest BCUT2D eigenvalue weighted by Gasteiger charge is -2.35. The van der Waals surface area contributed by atoms with Crippen molar-refractivity contribution in [1.29, 1.82) is 0 Å². The number of hydrogen-bond acceptors (Lipinski definition) is 3. The molecule has 4 heteroatoms. The molecule has 0 amide bonds. The first-order chi connectivity index (χ1) is 4.13. The van der Waals surface area contributed by atoms with Gasteiger partial charge in [0.15, 0.2) is 0 Å². The van der Waals surface area contributed by atoms with E-state index in [1.54, 1.807) is 6.92 Å². The highest BCUT2D eigenvalue weighted by Gasteiger charge is 2.18. The van der Waals surface area contributed by atoms with E-state index in [0.29, 0.717) is 17.3 Å². The summed E-state index contributed by atoms with van der Waals surface area (Å²) in [5.41, 5.74) is 0. The highest BCUT2D eigenvalue weighted by Crippen LogP contribution is 2.48. The lowest BCUT2D eigenvalue weighted by atomic mass is 10.7. The normalized spacial score (nSPS) is 28.1. The van der Waals surface area contributed by atoms with Crippen LogP contribution in [-0.2, 0) is 4.74 Å². The van der Waals surface area contributed by atoms with Gasteiger partial charge in [-0.05, 0) is 6.92 Å². The Kier molecular flexibility index (Phi) is 1.70. The predicted molar refractivity (Wildman–Crippen MR) is 37.4 cm³/mol. The maximum absolute atomic E-state index is 9.13. The Morgan fingerprint density at radius 3 is 2.67 bits per heavy atom. The fourth-order valence-corrected chi connectivity index (χ4v) is 1.45. The van der Waals surface area contributed by atoms with Crippen LogP contribution in [0.2, 0.25) is 0 Å². The Morgan fingerprint density at radius 2 is 2.33 bits per heavy atom. The van der Waals surface area contributed by atoms with Crippen LogP contribution in [-0.4, -0.2) is 21.5 Å². The molecule has 54 valence electrons. The molecule has 0 saturated heterocycles. The number of allylic oxidation sites excluding steroid dienone is 1. The van der Waals surface area contributed by atoms with Gasteiger partial charge in [0, 0.05) is 0 Å². The summed E-state index contributed by atoms with van der Waals surface area (Å²) in [5, 5.41) is 0. The van der Waals surface area contributed by atoms with E-state index >= 15 is 0 Å².